The van der Waals surface area contributed by atoms with E-state index < -0.39 is 5.43 Å². The molecule has 0 aliphatic rings. The van der Waals surface area contributed by atoms with Crippen LogP contribution in [0.25, 0.3) is 22.3 Å². The van der Waals surface area contributed by atoms with Crippen LogP contribution in [0.2, 0.25) is 5.02 Å². The predicted molar refractivity (Wildman–Crippen MR) is 109 cm³/mol. The van der Waals surface area contributed by atoms with Gasteiger partial charge in [0, 0.05) is 17.2 Å². The molecule has 4 rings (SSSR count). The molecule has 0 bridgehead atoms. The molecule has 0 radical (unpaired) electrons. The van der Waals surface area contributed by atoms with Crippen molar-refractivity contribution in [1.82, 2.24) is 0 Å². The summed E-state index contributed by atoms with van der Waals surface area (Å²) in [6.07, 6.45) is 0. The highest BCUT2D eigenvalue weighted by Crippen LogP contribution is 2.34. The number of halogens is 1. The lowest BCUT2D eigenvalue weighted by Gasteiger charge is -2.11. The van der Waals surface area contributed by atoms with Crippen molar-refractivity contribution in [2.75, 3.05) is 5.32 Å². The quantitative estimate of drug-likeness (QED) is 0.478. The third kappa shape index (κ3) is 3.23. The molecular weight excluding hydrogens is 378 g/mol. The second kappa shape index (κ2) is 7.21. The average Bonchev–Trinajstić information content (AvgIpc) is 2.70. The standard InChI is InChI=1S/C22H14ClNO4/c23-15-9-5-4-8-14(15)19-12-18(26)20-17(25)11-10-16(21(20)28-19)24-22(27)13-6-2-1-3-7-13/h1-12,25H,(H,24,27). The summed E-state index contributed by atoms with van der Waals surface area (Å²) in [5, 5.41) is 13.3. The number of anilines is 1. The molecule has 2 N–H and O–H groups in total. The van der Waals surface area contributed by atoms with Crippen LogP contribution in [0.5, 0.6) is 5.75 Å². The predicted octanol–water partition coefficient (Wildman–Crippen LogP) is 5.07. The topological polar surface area (TPSA) is 79.5 Å². The number of amides is 1. The molecule has 138 valence electrons. The summed E-state index contributed by atoms with van der Waals surface area (Å²) in [7, 11) is 0. The number of hydrogen-bond acceptors (Lipinski definition) is 4. The highest BCUT2D eigenvalue weighted by Gasteiger charge is 2.17. The molecular formula is C22H14ClNO4. The van der Waals surface area contributed by atoms with Crippen molar-refractivity contribution >= 4 is 34.2 Å². The molecule has 4 aromatic rings. The first-order valence-electron chi connectivity index (χ1n) is 8.46. The van der Waals surface area contributed by atoms with E-state index in [0.29, 0.717) is 16.1 Å². The van der Waals surface area contributed by atoms with Gasteiger partial charge in [0.1, 0.15) is 16.9 Å². The fourth-order valence-electron chi connectivity index (χ4n) is 2.92. The Balaban J connectivity index is 1.88. The minimum atomic E-state index is -0.440. The molecule has 0 saturated heterocycles. The maximum Gasteiger partial charge on any atom is 0.255 e. The Kier molecular flexibility index (Phi) is 4.59. The first-order chi connectivity index (χ1) is 13.5. The largest absolute Gasteiger partial charge is 0.507 e. The fraction of sp³-hybridized carbons (Fsp3) is 0. The molecule has 0 atom stereocenters. The van der Waals surface area contributed by atoms with Gasteiger partial charge in [0.25, 0.3) is 5.91 Å². The van der Waals surface area contributed by atoms with Gasteiger partial charge in [-0.1, -0.05) is 41.9 Å². The van der Waals surface area contributed by atoms with Gasteiger partial charge in [-0.25, -0.2) is 0 Å². The third-order valence-electron chi connectivity index (χ3n) is 4.28. The van der Waals surface area contributed by atoms with Gasteiger partial charge >= 0.3 is 0 Å². The molecule has 6 heteroatoms. The van der Waals surface area contributed by atoms with E-state index in [1.165, 1.54) is 18.2 Å². The van der Waals surface area contributed by atoms with Crippen LogP contribution in [-0.4, -0.2) is 11.0 Å². The van der Waals surface area contributed by atoms with Crippen LogP contribution in [0, 0.1) is 0 Å². The molecule has 1 aromatic heterocycles. The van der Waals surface area contributed by atoms with Crippen LogP contribution in [0.15, 0.2) is 82.0 Å². The lowest BCUT2D eigenvalue weighted by atomic mass is 10.1. The van der Waals surface area contributed by atoms with Crippen molar-refractivity contribution in [2.45, 2.75) is 0 Å². The van der Waals surface area contributed by atoms with E-state index in [1.54, 1.807) is 48.5 Å². The molecule has 0 aliphatic heterocycles. The molecule has 3 aromatic carbocycles. The Morgan fingerprint density at radius 3 is 2.43 bits per heavy atom. The lowest BCUT2D eigenvalue weighted by Crippen LogP contribution is -2.13. The summed E-state index contributed by atoms with van der Waals surface area (Å²) < 4.78 is 5.90. The number of carbonyl (C=O) groups is 1. The maximum absolute atomic E-state index is 12.6. The van der Waals surface area contributed by atoms with Crippen molar-refractivity contribution in [3.8, 4) is 17.1 Å². The van der Waals surface area contributed by atoms with Crippen LogP contribution >= 0.6 is 11.6 Å². The van der Waals surface area contributed by atoms with Crippen molar-refractivity contribution in [3.05, 3.63) is 93.6 Å². The number of carbonyl (C=O) groups excluding carboxylic acids is 1. The SMILES string of the molecule is O=C(Nc1ccc(O)c2c(=O)cc(-c3ccccc3Cl)oc12)c1ccccc1. The normalized spacial score (nSPS) is 10.8. The van der Waals surface area contributed by atoms with Crippen molar-refractivity contribution in [1.29, 1.82) is 0 Å². The minimum Gasteiger partial charge on any atom is -0.507 e. The van der Waals surface area contributed by atoms with Crippen LogP contribution in [0.3, 0.4) is 0 Å². The zero-order valence-corrected chi connectivity index (χ0v) is 15.2. The maximum atomic E-state index is 12.6. The van der Waals surface area contributed by atoms with Crippen LogP contribution in [-0.2, 0) is 0 Å². The first-order valence-corrected chi connectivity index (χ1v) is 8.83. The molecule has 1 amide bonds. The van der Waals surface area contributed by atoms with Gasteiger partial charge in [-0.05, 0) is 36.4 Å². The second-order valence-electron chi connectivity index (χ2n) is 6.11. The van der Waals surface area contributed by atoms with E-state index in [9.17, 15) is 14.7 Å². The van der Waals surface area contributed by atoms with Crippen molar-refractivity contribution in [2.24, 2.45) is 0 Å². The van der Waals surface area contributed by atoms with Gasteiger partial charge in [0.15, 0.2) is 11.0 Å². The van der Waals surface area contributed by atoms with E-state index in [2.05, 4.69) is 5.32 Å². The Morgan fingerprint density at radius 2 is 1.68 bits per heavy atom. The Hall–Kier alpha value is -3.57. The smallest absolute Gasteiger partial charge is 0.255 e. The van der Waals surface area contributed by atoms with Gasteiger partial charge in [0.2, 0.25) is 0 Å². The summed E-state index contributed by atoms with van der Waals surface area (Å²) in [4.78, 5) is 25.2. The monoisotopic (exact) mass is 391 g/mol. The number of benzene rings is 3. The fourth-order valence-corrected chi connectivity index (χ4v) is 3.15. The summed E-state index contributed by atoms with van der Waals surface area (Å²) in [6, 6.07) is 19.7. The van der Waals surface area contributed by atoms with Gasteiger partial charge in [-0.15, -0.1) is 0 Å². The number of phenols is 1. The van der Waals surface area contributed by atoms with Gasteiger partial charge in [-0.2, -0.15) is 0 Å². The summed E-state index contributed by atoms with van der Waals surface area (Å²) in [5.41, 5.74) is 0.893. The van der Waals surface area contributed by atoms with Crippen molar-refractivity contribution < 1.29 is 14.3 Å². The number of phenolic OH excluding ortho intramolecular Hbond substituents is 1. The molecule has 28 heavy (non-hydrogen) atoms. The molecule has 5 nitrogen and oxygen atoms in total. The number of fused-ring (bicyclic) bond motifs is 1. The van der Waals surface area contributed by atoms with Crippen LogP contribution in [0.1, 0.15) is 10.4 Å². The van der Waals surface area contributed by atoms with E-state index >= 15 is 0 Å². The molecule has 0 spiro atoms. The van der Waals surface area contributed by atoms with Gasteiger partial charge < -0.3 is 14.8 Å². The zero-order valence-electron chi connectivity index (χ0n) is 14.5. The molecule has 0 unspecified atom stereocenters. The molecule has 0 saturated carbocycles. The molecule has 1 heterocycles. The number of hydrogen-bond donors (Lipinski definition) is 2. The highest BCUT2D eigenvalue weighted by molar-refractivity contribution is 6.33. The second-order valence-corrected chi connectivity index (χ2v) is 6.52. The molecule has 0 fully saturated rings. The van der Waals surface area contributed by atoms with E-state index in [1.807, 2.05) is 6.07 Å². The Morgan fingerprint density at radius 1 is 0.964 bits per heavy atom. The number of aromatic hydroxyl groups is 1. The van der Waals surface area contributed by atoms with Crippen LogP contribution in [0.4, 0.5) is 5.69 Å². The zero-order chi connectivity index (χ0) is 19.7. The first kappa shape index (κ1) is 17.8. The van der Waals surface area contributed by atoms with Crippen molar-refractivity contribution in [3.63, 3.8) is 0 Å². The average molecular weight is 392 g/mol. The highest BCUT2D eigenvalue weighted by atomic mass is 35.5. The van der Waals surface area contributed by atoms with Gasteiger partial charge in [-0.3, -0.25) is 9.59 Å². The lowest BCUT2D eigenvalue weighted by molar-refractivity contribution is 0.102. The summed E-state index contributed by atoms with van der Waals surface area (Å²) >= 11 is 6.22. The number of rotatable bonds is 3. The number of nitrogens with one attached hydrogen (secondary N) is 1. The van der Waals surface area contributed by atoms with Gasteiger partial charge in [0.05, 0.1) is 10.7 Å². The Labute approximate surface area is 164 Å². The van der Waals surface area contributed by atoms with Crippen LogP contribution < -0.4 is 10.7 Å². The summed E-state index contributed by atoms with van der Waals surface area (Å²) in [5.74, 6) is -0.352. The Bertz CT molecular complexity index is 1250. The van der Waals surface area contributed by atoms with E-state index in [4.69, 9.17) is 16.0 Å². The van der Waals surface area contributed by atoms with E-state index in [-0.39, 0.29) is 34.1 Å². The molecule has 0 aliphatic carbocycles. The summed E-state index contributed by atoms with van der Waals surface area (Å²) in [6.45, 7) is 0. The van der Waals surface area contributed by atoms with E-state index in [0.717, 1.165) is 0 Å². The minimum absolute atomic E-state index is 0.0123. The third-order valence-corrected chi connectivity index (χ3v) is 4.61.